The van der Waals surface area contributed by atoms with Gasteiger partial charge in [-0.05, 0) is 43.9 Å². The van der Waals surface area contributed by atoms with E-state index in [0.29, 0.717) is 25.7 Å². The summed E-state index contributed by atoms with van der Waals surface area (Å²) < 4.78 is 32.3. The lowest BCUT2D eigenvalue weighted by Gasteiger charge is -2.26. The minimum Gasteiger partial charge on any atom is -0.481 e. The number of halogens is 1. The Hall–Kier alpha value is -1.64. The number of hydrogen-bond donors (Lipinski definition) is 2. The van der Waals surface area contributed by atoms with Crippen molar-refractivity contribution in [2.45, 2.75) is 36.6 Å². The van der Waals surface area contributed by atoms with Crippen molar-refractivity contribution < 1.29 is 27.9 Å². The van der Waals surface area contributed by atoms with Gasteiger partial charge in [0.25, 0.3) is 0 Å². The van der Waals surface area contributed by atoms with Gasteiger partial charge in [0.1, 0.15) is 0 Å². The number of nitrogens with one attached hydrogen (secondary N) is 1. The van der Waals surface area contributed by atoms with Gasteiger partial charge in [-0.25, -0.2) is 17.9 Å². The molecule has 1 fully saturated rings. The van der Waals surface area contributed by atoms with Crippen LogP contribution in [0.4, 0.5) is 0 Å². The van der Waals surface area contributed by atoms with Crippen LogP contribution in [0.25, 0.3) is 0 Å². The zero-order valence-corrected chi connectivity index (χ0v) is 14.6. The summed E-state index contributed by atoms with van der Waals surface area (Å²) in [5, 5.41) is 9.20. The zero-order chi connectivity index (χ0) is 17.9. The van der Waals surface area contributed by atoms with E-state index in [0.717, 1.165) is 7.11 Å². The summed E-state index contributed by atoms with van der Waals surface area (Å²) in [5.41, 5.74) is -0.142. The number of rotatable bonds is 5. The Balaban J connectivity index is 2.20. The van der Waals surface area contributed by atoms with E-state index in [4.69, 9.17) is 16.7 Å². The lowest BCUT2D eigenvalue weighted by atomic mass is 9.87. The summed E-state index contributed by atoms with van der Waals surface area (Å²) >= 11 is 5.83. The largest absolute Gasteiger partial charge is 0.481 e. The molecule has 0 bridgehead atoms. The Morgan fingerprint density at radius 3 is 2.42 bits per heavy atom. The maximum absolute atomic E-state index is 12.6. The summed E-state index contributed by atoms with van der Waals surface area (Å²) in [6.45, 7) is 0. The summed E-state index contributed by atoms with van der Waals surface area (Å²) in [6, 6.07) is 3.50. The van der Waals surface area contributed by atoms with Crippen LogP contribution in [-0.4, -0.2) is 38.6 Å². The predicted molar refractivity (Wildman–Crippen MR) is 86.5 cm³/mol. The third kappa shape index (κ3) is 4.25. The predicted octanol–water partition coefficient (Wildman–Crippen LogP) is 2.05. The van der Waals surface area contributed by atoms with E-state index < -0.39 is 27.9 Å². The first-order valence-electron chi connectivity index (χ1n) is 7.37. The van der Waals surface area contributed by atoms with Crippen molar-refractivity contribution in [1.82, 2.24) is 4.72 Å². The molecule has 1 aromatic carbocycles. The Kier molecular flexibility index (Phi) is 5.84. The van der Waals surface area contributed by atoms with Crippen LogP contribution in [-0.2, 0) is 19.6 Å². The highest BCUT2D eigenvalue weighted by Crippen LogP contribution is 2.27. The Bertz CT molecular complexity index is 740. The van der Waals surface area contributed by atoms with Gasteiger partial charge >= 0.3 is 11.9 Å². The molecule has 2 rings (SSSR count). The molecule has 1 aliphatic carbocycles. The molecule has 0 aromatic heterocycles. The van der Waals surface area contributed by atoms with Gasteiger partial charge in [0.05, 0.1) is 23.5 Å². The van der Waals surface area contributed by atoms with Gasteiger partial charge in [0, 0.05) is 11.1 Å². The van der Waals surface area contributed by atoms with E-state index >= 15 is 0 Å². The number of ether oxygens (including phenoxy) is 1. The number of sulfonamides is 1. The number of carboxylic acid groups (broad SMARTS) is 1. The number of aliphatic carboxylic acids is 1. The Labute approximate surface area is 145 Å². The van der Waals surface area contributed by atoms with Gasteiger partial charge in [-0.2, -0.15) is 0 Å². The molecular weight excluding hydrogens is 358 g/mol. The van der Waals surface area contributed by atoms with E-state index in [9.17, 15) is 18.0 Å². The first kappa shape index (κ1) is 18.7. The van der Waals surface area contributed by atoms with Crippen LogP contribution in [0.5, 0.6) is 0 Å². The average molecular weight is 376 g/mol. The van der Waals surface area contributed by atoms with Gasteiger partial charge in [-0.15, -0.1) is 0 Å². The number of hydrogen-bond acceptors (Lipinski definition) is 5. The van der Waals surface area contributed by atoms with Crippen molar-refractivity contribution in [3.05, 3.63) is 28.8 Å². The molecule has 1 aromatic rings. The van der Waals surface area contributed by atoms with Gasteiger partial charge in [-0.1, -0.05) is 11.6 Å². The van der Waals surface area contributed by atoms with Crippen molar-refractivity contribution in [3.8, 4) is 0 Å². The third-order valence-electron chi connectivity index (χ3n) is 4.03. The van der Waals surface area contributed by atoms with Crippen LogP contribution in [0.15, 0.2) is 23.1 Å². The Morgan fingerprint density at radius 2 is 1.88 bits per heavy atom. The monoisotopic (exact) mass is 375 g/mol. The summed E-state index contributed by atoms with van der Waals surface area (Å²) in [4.78, 5) is 22.5. The first-order chi connectivity index (χ1) is 11.2. The van der Waals surface area contributed by atoms with Gasteiger partial charge in [0.15, 0.2) is 0 Å². The second-order valence-electron chi connectivity index (χ2n) is 5.64. The summed E-state index contributed by atoms with van der Waals surface area (Å²) in [5.74, 6) is -2.10. The maximum Gasteiger partial charge on any atom is 0.339 e. The molecule has 0 aliphatic heterocycles. The molecule has 0 amide bonds. The molecule has 9 heteroatoms. The van der Waals surface area contributed by atoms with E-state index in [2.05, 4.69) is 9.46 Å². The molecule has 0 unspecified atom stereocenters. The van der Waals surface area contributed by atoms with Crippen molar-refractivity contribution in [2.75, 3.05) is 7.11 Å². The highest BCUT2D eigenvalue weighted by molar-refractivity contribution is 7.89. The fraction of sp³-hybridized carbons (Fsp3) is 0.467. The number of carboxylic acids is 1. The average Bonchev–Trinajstić information content (AvgIpc) is 2.53. The maximum atomic E-state index is 12.6. The molecule has 0 saturated heterocycles. The van der Waals surface area contributed by atoms with Crippen LogP contribution in [0.3, 0.4) is 0 Å². The van der Waals surface area contributed by atoms with Crippen LogP contribution in [0.2, 0.25) is 5.02 Å². The van der Waals surface area contributed by atoms with Crippen molar-refractivity contribution in [2.24, 2.45) is 5.92 Å². The third-order valence-corrected chi connectivity index (χ3v) is 5.85. The molecule has 2 N–H and O–H groups in total. The van der Waals surface area contributed by atoms with Gasteiger partial charge in [-0.3, -0.25) is 4.79 Å². The van der Waals surface area contributed by atoms with Crippen molar-refractivity contribution in [3.63, 3.8) is 0 Å². The zero-order valence-electron chi connectivity index (χ0n) is 13.0. The minimum atomic E-state index is -3.96. The van der Waals surface area contributed by atoms with Gasteiger partial charge < -0.3 is 9.84 Å². The standard InChI is InChI=1S/C15H18ClNO6S/c1-23-15(20)12-8-10(16)4-7-13(12)24(21,22)17-11-5-2-9(3-6-11)14(18)19/h4,7-9,11,17H,2-3,5-6H2,1H3,(H,18,19). The van der Waals surface area contributed by atoms with Gasteiger partial charge in [0.2, 0.25) is 10.0 Å². The number of methoxy groups -OCH3 is 1. The molecule has 0 spiro atoms. The lowest BCUT2D eigenvalue weighted by Crippen LogP contribution is -2.39. The molecule has 0 heterocycles. The molecular formula is C15H18ClNO6S. The molecule has 132 valence electrons. The second kappa shape index (κ2) is 7.50. The molecule has 1 aliphatic rings. The van der Waals surface area contributed by atoms with Crippen LogP contribution >= 0.6 is 11.6 Å². The van der Waals surface area contributed by atoms with Crippen LogP contribution in [0, 0.1) is 5.92 Å². The normalized spacial score (nSPS) is 21.2. The molecule has 0 radical (unpaired) electrons. The molecule has 0 atom stereocenters. The summed E-state index contributed by atoms with van der Waals surface area (Å²) in [6.07, 6.45) is 1.68. The lowest BCUT2D eigenvalue weighted by molar-refractivity contribution is -0.142. The number of carbonyl (C=O) groups is 2. The van der Waals surface area contributed by atoms with Crippen LogP contribution in [0.1, 0.15) is 36.0 Å². The number of benzene rings is 1. The van der Waals surface area contributed by atoms with E-state index in [1.807, 2.05) is 0 Å². The first-order valence-corrected chi connectivity index (χ1v) is 9.23. The second-order valence-corrected chi connectivity index (χ2v) is 7.76. The number of carbonyl (C=O) groups excluding carboxylic acids is 1. The highest BCUT2D eigenvalue weighted by Gasteiger charge is 2.30. The fourth-order valence-electron chi connectivity index (χ4n) is 2.75. The van der Waals surface area contributed by atoms with Crippen LogP contribution < -0.4 is 4.72 Å². The molecule has 1 saturated carbocycles. The van der Waals surface area contributed by atoms with Crippen molar-refractivity contribution in [1.29, 1.82) is 0 Å². The molecule has 7 nitrogen and oxygen atoms in total. The highest BCUT2D eigenvalue weighted by atomic mass is 35.5. The minimum absolute atomic E-state index is 0.142. The quantitative estimate of drug-likeness (QED) is 0.762. The van der Waals surface area contributed by atoms with E-state index in [1.54, 1.807) is 0 Å². The van der Waals surface area contributed by atoms with Crippen molar-refractivity contribution >= 4 is 33.6 Å². The summed E-state index contributed by atoms with van der Waals surface area (Å²) in [7, 11) is -2.80. The van der Waals surface area contributed by atoms with E-state index in [-0.39, 0.29) is 21.5 Å². The SMILES string of the molecule is COC(=O)c1cc(Cl)ccc1S(=O)(=O)NC1CCC(C(=O)O)CC1. The molecule has 24 heavy (non-hydrogen) atoms. The Morgan fingerprint density at radius 1 is 1.25 bits per heavy atom. The topological polar surface area (TPSA) is 110 Å². The number of esters is 1. The smallest absolute Gasteiger partial charge is 0.339 e. The fourth-order valence-corrected chi connectivity index (χ4v) is 4.40. The van der Waals surface area contributed by atoms with E-state index in [1.165, 1.54) is 18.2 Å².